The van der Waals surface area contributed by atoms with Gasteiger partial charge in [0.05, 0.1) is 19.8 Å². The maximum absolute atomic E-state index is 13.3. The highest BCUT2D eigenvalue weighted by atomic mass is 32.1. The molecule has 2 aliphatic heterocycles. The van der Waals surface area contributed by atoms with Gasteiger partial charge in [0.25, 0.3) is 5.91 Å². The van der Waals surface area contributed by atoms with Gasteiger partial charge in [0.1, 0.15) is 10.6 Å². The maximum Gasteiger partial charge on any atom is 0.312 e. The molecule has 0 unspecified atom stereocenters. The second-order valence-electron chi connectivity index (χ2n) is 7.59. The molecule has 9 heteroatoms. The Morgan fingerprint density at radius 3 is 2.12 bits per heavy atom. The Balaban J connectivity index is 1.41. The summed E-state index contributed by atoms with van der Waals surface area (Å²) in [6.45, 7) is 5.57. The number of hydrogen-bond donors (Lipinski definition) is 0. The van der Waals surface area contributed by atoms with E-state index in [-0.39, 0.29) is 5.91 Å². The van der Waals surface area contributed by atoms with Gasteiger partial charge in [0.2, 0.25) is 0 Å². The monoisotopic (exact) mass is 457 g/mol. The van der Waals surface area contributed by atoms with Crippen LogP contribution in [0.1, 0.15) is 16.6 Å². The molecule has 0 N–H and O–H groups in total. The van der Waals surface area contributed by atoms with E-state index in [1.807, 2.05) is 43.3 Å². The average Bonchev–Trinajstić information content (AvgIpc) is 3.28. The minimum absolute atomic E-state index is 0.104. The molecule has 3 heterocycles. The van der Waals surface area contributed by atoms with Crippen LogP contribution in [0, 0.1) is 0 Å². The number of thiophene rings is 1. The molecule has 0 atom stereocenters. The molecular weight excluding hydrogens is 430 g/mol. The van der Waals surface area contributed by atoms with Crippen molar-refractivity contribution in [3.8, 4) is 16.2 Å². The number of benzene rings is 1. The second-order valence-corrected chi connectivity index (χ2v) is 8.64. The summed E-state index contributed by atoms with van der Waals surface area (Å²) in [4.78, 5) is 44.7. The first kappa shape index (κ1) is 22.3. The van der Waals surface area contributed by atoms with Gasteiger partial charge >= 0.3 is 11.8 Å². The van der Waals surface area contributed by atoms with Crippen LogP contribution in [0.4, 0.5) is 0 Å². The zero-order chi connectivity index (χ0) is 22.5. The molecule has 0 radical (unpaired) electrons. The summed E-state index contributed by atoms with van der Waals surface area (Å²) < 4.78 is 11.0. The topological polar surface area (TPSA) is 79.4 Å². The summed E-state index contributed by atoms with van der Waals surface area (Å²) in [6, 6.07) is 11.8. The van der Waals surface area contributed by atoms with Gasteiger partial charge in [-0.15, -0.1) is 11.3 Å². The van der Waals surface area contributed by atoms with Gasteiger partial charge in [-0.05, 0) is 18.6 Å². The van der Waals surface area contributed by atoms with Gasteiger partial charge < -0.3 is 24.2 Å². The summed E-state index contributed by atoms with van der Waals surface area (Å²) in [7, 11) is 0. The summed E-state index contributed by atoms with van der Waals surface area (Å²) in [6.07, 6.45) is 0. The van der Waals surface area contributed by atoms with E-state index in [1.54, 1.807) is 4.90 Å². The lowest BCUT2D eigenvalue weighted by atomic mass is 10.2. The molecule has 0 spiro atoms. The Hall–Kier alpha value is -2.91. The number of carbonyl (C=O) groups is 3. The summed E-state index contributed by atoms with van der Waals surface area (Å²) in [5.74, 6) is -0.511. The quantitative estimate of drug-likeness (QED) is 0.656. The lowest BCUT2D eigenvalue weighted by molar-refractivity contribution is -0.154. The van der Waals surface area contributed by atoms with Crippen LogP contribution in [0.3, 0.4) is 0 Å². The highest BCUT2D eigenvalue weighted by molar-refractivity contribution is 7.17. The van der Waals surface area contributed by atoms with Gasteiger partial charge in [-0.3, -0.25) is 14.4 Å². The van der Waals surface area contributed by atoms with Crippen molar-refractivity contribution in [1.82, 2.24) is 14.7 Å². The van der Waals surface area contributed by atoms with E-state index in [2.05, 4.69) is 0 Å². The van der Waals surface area contributed by atoms with Crippen LogP contribution in [-0.4, -0.2) is 91.5 Å². The molecule has 170 valence electrons. The van der Waals surface area contributed by atoms with Crippen LogP contribution in [0.25, 0.3) is 10.4 Å². The van der Waals surface area contributed by atoms with E-state index < -0.39 is 11.8 Å². The first-order valence-electron chi connectivity index (χ1n) is 10.9. The number of nitrogens with zero attached hydrogens (tertiary/aromatic N) is 3. The fourth-order valence-electron chi connectivity index (χ4n) is 3.82. The van der Waals surface area contributed by atoms with Crippen molar-refractivity contribution in [2.24, 2.45) is 0 Å². The third kappa shape index (κ3) is 4.78. The highest BCUT2D eigenvalue weighted by Gasteiger charge is 2.32. The van der Waals surface area contributed by atoms with Crippen molar-refractivity contribution in [3.05, 3.63) is 41.3 Å². The largest absolute Gasteiger partial charge is 0.492 e. The Kier molecular flexibility index (Phi) is 7.06. The average molecular weight is 458 g/mol. The first-order valence-corrected chi connectivity index (χ1v) is 11.7. The predicted octanol–water partition coefficient (Wildman–Crippen LogP) is 1.96. The molecule has 1 aromatic heterocycles. The van der Waals surface area contributed by atoms with E-state index in [0.29, 0.717) is 69.7 Å². The molecule has 2 fully saturated rings. The van der Waals surface area contributed by atoms with E-state index in [1.165, 1.54) is 21.1 Å². The molecule has 2 saturated heterocycles. The van der Waals surface area contributed by atoms with Crippen LogP contribution in [0.15, 0.2) is 36.4 Å². The number of carbonyl (C=O) groups excluding carboxylic acids is 3. The molecule has 2 aliphatic rings. The van der Waals surface area contributed by atoms with Crippen LogP contribution < -0.4 is 4.74 Å². The number of morpholine rings is 1. The third-order valence-electron chi connectivity index (χ3n) is 5.59. The SMILES string of the molecule is CCOc1cc(-c2ccccc2)sc1C(=O)N1CCN(C(=O)C(=O)N2CCOCC2)CC1. The lowest BCUT2D eigenvalue weighted by Gasteiger charge is -2.35. The fraction of sp³-hybridized carbons (Fsp3) is 0.435. The molecule has 32 heavy (non-hydrogen) atoms. The van der Waals surface area contributed by atoms with E-state index in [4.69, 9.17) is 9.47 Å². The standard InChI is InChI=1S/C23H27N3O5S/c1-2-31-18-16-19(17-6-4-3-5-7-17)32-20(18)21(27)24-8-10-25(11-9-24)22(28)23(29)26-12-14-30-15-13-26/h3-7,16H,2,8-15H2,1H3. The second kappa shape index (κ2) is 10.1. The Labute approximate surface area is 191 Å². The van der Waals surface area contributed by atoms with E-state index in [9.17, 15) is 14.4 Å². The fourth-order valence-corrected chi connectivity index (χ4v) is 4.90. The van der Waals surface area contributed by atoms with Crippen LogP contribution in [0.2, 0.25) is 0 Å². The molecule has 2 aromatic rings. The van der Waals surface area contributed by atoms with Crippen molar-refractivity contribution in [2.45, 2.75) is 6.92 Å². The number of hydrogen-bond acceptors (Lipinski definition) is 6. The summed E-state index contributed by atoms with van der Waals surface area (Å²) in [5.41, 5.74) is 1.04. The van der Waals surface area contributed by atoms with Crippen LogP contribution >= 0.6 is 11.3 Å². The smallest absolute Gasteiger partial charge is 0.312 e. The molecular formula is C23H27N3O5S. The normalized spacial score (nSPS) is 16.7. The predicted molar refractivity (Wildman–Crippen MR) is 121 cm³/mol. The van der Waals surface area contributed by atoms with Crippen LogP contribution in [0.5, 0.6) is 5.75 Å². The molecule has 1 aromatic carbocycles. The number of amides is 3. The number of ether oxygens (including phenoxy) is 2. The minimum atomic E-state index is -0.503. The van der Waals surface area contributed by atoms with Gasteiger partial charge in [-0.1, -0.05) is 30.3 Å². The van der Waals surface area contributed by atoms with Gasteiger partial charge in [-0.2, -0.15) is 0 Å². The van der Waals surface area contributed by atoms with Crippen molar-refractivity contribution in [3.63, 3.8) is 0 Å². The Bertz CT molecular complexity index is 963. The first-order chi connectivity index (χ1) is 15.6. The maximum atomic E-state index is 13.3. The molecule has 0 bridgehead atoms. The molecule has 0 saturated carbocycles. The zero-order valence-electron chi connectivity index (χ0n) is 18.1. The summed E-state index contributed by atoms with van der Waals surface area (Å²) in [5, 5.41) is 0. The number of rotatable bonds is 4. The third-order valence-corrected chi connectivity index (χ3v) is 6.74. The lowest BCUT2D eigenvalue weighted by Crippen LogP contribution is -2.55. The van der Waals surface area contributed by atoms with E-state index >= 15 is 0 Å². The van der Waals surface area contributed by atoms with Gasteiger partial charge in [0, 0.05) is 44.1 Å². The van der Waals surface area contributed by atoms with Gasteiger partial charge in [-0.25, -0.2) is 0 Å². The zero-order valence-corrected chi connectivity index (χ0v) is 18.9. The van der Waals surface area contributed by atoms with Crippen LogP contribution in [-0.2, 0) is 14.3 Å². The molecule has 4 rings (SSSR count). The Morgan fingerprint density at radius 2 is 1.50 bits per heavy atom. The van der Waals surface area contributed by atoms with Crippen molar-refractivity contribution < 1.29 is 23.9 Å². The Morgan fingerprint density at radius 1 is 0.906 bits per heavy atom. The van der Waals surface area contributed by atoms with Crippen molar-refractivity contribution in [1.29, 1.82) is 0 Å². The van der Waals surface area contributed by atoms with Gasteiger partial charge in [0.15, 0.2) is 0 Å². The molecule has 8 nitrogen and oxygen atoms in total. The van der Waals surface area contributed by atoms with Crippen molar-refractivity contribution >= 4 is 29.1 Å². The molecule has 0 aliphatic carbocycles. The number of piperazine rings is 1. The summed E-state index contributed by atoms with van der Waals surface area (Å²) >= 11 is 1.42. The highest BCUT2D eigenvalue weighted by Crippen LogP contribution is 2.37. The van der Waals surface area contributed by atoms with Crippen molar-refractivity contribution in [2.75, 3.05) is 59.1 Å². The molecule has 3 amide bonds. The minimum Gasteiger partial charge on any atom is -0.492 e. The van der Waals surface area contributed by atoms with E-state index in [0.717, 1.165) is 10.4 Å².